The largest absolute Gasteiger partial charge is 0.481 e. The van der Waals surface area contributed by atoms with Crippen molar-refractivity contribution in [3.05, 3.63) is 22.2 Å². The second-order valence-corrected chi connectivity index (χ2v) is 5.16. The molecule has 8 nitrogen and oxygen atoms in total. The summed E-state index contributed by atoms with van der Waals surface area (Å²) in [6, 6.07) is 2.71. The summed E-state index contributed by atoms with van der Waals surface area (Å²) in [4.78, 5) is 25.7. The lowest BCUT2D eigenvalue weighted by Gasteiger charge is -2.29. The van der Waals surface area contributed by atoms with Gasteiger partial charge in [-0.1, -0.05) is 12.8 Å². The Morgan fingerprint density at radius 1 is 1.52 bits per heavy atom. The average Bonchev–Trinajstić information content (AvgIpc) is 2.85. The lowest BCUT2D eigenvalue weighted by Crippen LogP contribution is -2.38. The summed E-state index contributed by atoms with van der Waals surface area (Å²) in [5, 5.41) is 23.2. The smallest absolute Gasteiger partial charge is 0.311 e. The maximum absolute atomic E-state index is 11.1. The van der Waals surface area contributed by atoms with Crippen LogP contribution in [0.15, 0.2) is 12.1 Å². The minimum absolute atomic E-state index is 0.0579. The summed E-state index contributed by atoms with van der Waals surface area (Å²) in [6.45, 7) is 0. The third-order valence-corrected chi connectivity index (χ3v) is 3.69. The van der Waals surface area contributed by atoms with Gasteiger partial charge in [-0.2, -0.15) is 4.98 Å². The van der Waals surface area contributed by atoms with Crippen LogP contribution in [0.5, 0.6) is 5.88 Å². The Balaban J connectivity index is 2.35. The van der Waals surface area contributed by atoms with Gasteiger partial charge in [0.05, 0.1) is 18.5 Å². The molecule has 0 unspecified atom stereocenters. The Bertz CT molecular complexity index is 555. The third-order valence-electron chi connectivity index (χ3n) is 3.69. The zero-order chi connectivity index (χ0) is 15.5. The lowest BCUT2D eigenvalue weighted by atomic mass is 9.93. The zero-order valence-electron chi connectivity index (χ0n) is 11.7. The van der Waals surface area contributed by atoms with E-state index in [9.17, 15) is 14.9 Å². The van der Waals surface area contributed by atoms with Crippen molar-refractivity contribution in [2.45, 2.75) is 37.6 Å². The van der Waals surface area contributed by atoms with E-state index in [4.69, 9.17) is 9.84 Å². The number of anilines is 1. The number of carbonyl (C=O) groups is 1. The Morgan fingerprint density at radius 2 is 2.19 bits per heavy atom. The molecule has 1 heterocycles. The van der Waals surface area contributed by atoms with Crippen molar-refractivity contribution >= 4 is 17.5 Å². The van der Waals surface area contributed by atoms with Crippen LogP contribution >= 0.6 is 0 Å². The van der Waals surface area contributed by atoms with Gasteiger partial charge >= 0.3 is 11.7 Å². The average molecular weight is 295 g/mol. The number of nitrogens with one attached hydrogen (secondary N) is 1. The van der Waals surface area contributed by atoms with E-state index in [0.717, 1.165) is 12.8 Å². The number of ether oxygens (including phenoxy) is 1. The molecule has 1 aliphatic rings. The molecule has 0 radical (unpaired) electrons. The second kappa shape index (κ2) is 5.94. The number of carboxylic acid groups (broad SMARTS) is 1. The fraction of sp³-hybridized carbons (Fsp3) is 0.538. The van der Waals surface area contributed by atoms with E-state index in [-0.39, 0.29) is 23.8 Å². The molecule has 1 fully saturated rings. The Labute approximate surface area is 121 Å². The first kappa shape index (κ1) is 15.0. The van der Waals surface area contributed by atoms with E-state index in [1.807, 2.05) is 0 Å². The number of rotatable bonds is 6. The van der Waals surface area contributed by atoms with Gasteiger partial charge in [0.2, 0.25) is 11.7 Å². The highest BCUT2D eigenvalue weighted by molar-refractivity contribution is 5.70. The molecule has 0 aliphatic heterocycles. The quantitative estimate of drug-likeness (QED) is 0.610. The van der Waals surface area contributed by atoms with E-state index in [1.54, 1.807) is 0 Å². The molecule has 1 aromatic rings. The van der Waals surface area contributed by atoms with Crippen molar-refractivity contribution in [2.24, 2.45) is 0 Å². The Kier molecular flexibility index (Phi) is 4.25. The van der Waals surface area contributed by atoms with Crippen LogP contribution in [0.4, 0.5) is 11.5 Å². The van der Waals surface area contributed by atoms with Crippen LogP contribution in [0, 0.1) is 10.1 Å². The molecule has 2 N–H and O–H groups in total. The molecule has 21 heavy (non-hydrogen) atoms. The minimum Gasteiger partial charge on any atom is -0.481 e. The molecule has 0 spiro atoms. The standard InChI is InChI=1S/C13H17N3O5/c1-21-10-5-4-9(16(19)20)12(14-10)15-13(8-11(17)18)6-2-3-7-13/h4-5H,2-3,6-8H2,1H3,(H,14,15)(H,17,18). The first-order chi connectivity index (χ1) is 9.96. The number of hydrogen-bond acceptors (Lipinski definition) is 6. The van der Waals surface area contributed by atoms with Gasteiger partial charge in [0.1, 0.15) is 0 Å². The van der Waals surface area contributed by atoms with Crippen molar-refractivity contribution in [3.63, 3.8) is 0 Å². The summed E-state index contributed by atoms with van der Waals surface area (Å²) in [5.74, 6) is -0.635. The van der Waals surface area contributed by atoms with Gasteiger partial charge in [0, 0.05) is 17.7 Å². The van der Waals surface area contributed by atoms with Gasteiger partial charge in [0.25, 0.3) is 0 Å². The van der Waals surface area contributed by atoms with Crippen LogP contribution in [-0.4, -0.2) is 33.6 Å². The normalized spacial score (nSPS) is 16.4. The van der Waals surface area contributed by atoms with Gasteiger partial charge in [-0.15, -0.1) is 0 Å². The topological polar surface area (TPSA) is 115 Å². The molecule has 2 rings (SSSR count). The first-order valence-corrected chi connectivity index (χ1v) is 6.65. The summed E-state index contributed by atoms with van der Waals surface area (Å²) in [6.07, 6.45) is 2.98. The molecule has 0 aromatic carbocycles. The Morgan fingerprint density at radius 3 is 2.71 bits per heavy atom. The van der Waals surface area contributed by atoms with Crippen molar-refractivity contribution in [1.29, 1.82) is 0 Å². The number of aromatic nitrogens is 1. The molecule has 0 saturated heterocycles. The fourth-order valence-electron chi connectivity index (χ4n) is 2.73. The number of hydrogen-bond donors (Lipinski definition) is 2. The van der Waals surface area contributed by atoms with Crippen molar-refractivity contribution in [2.75, 3.05) is 12.4 Å². The maximum Gasteiger partial charge on any atom is 0.311 e. The van der Waals surface area contributed by atoms with Crippen molar-refractivity contribution in [3.8, 4) is 5.88 Å². The van der Waals surface area contributed by atoms with Crippen LogP contribution in [0.2, 0.25) is 0 Å². The molecule has 0 atom stereocenters. The predicted octanol–water partition coefficient (Wildman–Crippen LogP) is 2.20. The number of aliphatic carboxylic acids is 1. The summed E-state index contributed by atoms with van der Waals surface area (Å²) in [7, 11) is 1.42. The van der Waals surface area contributed by atoms with Gasteiger partial charge in [-0.25, -0.2) is 0 Å². The molecule has 0 amide bonds. The van der Waals surface area contributed by atoms with E-state index in [2.05, 4.69) is 10.3 Å². The third kappa shape index (κ3) is 3.39. The number of methoxy groups -OCH3 is 1. The van der Waals surface area contributed by atoms with E-state index >= 15 is 0 Å². The number of nitro groups is 1. The zero-order valence-corrected chi connectivity index (χ0v) is 11.7. The highest BCUT2D eigenvalue weighted by Crippen LogP contribution is 2.38. The van der Waals surface area contributed by atoms with E-state index in [0.29, 0.717) is 12.8 Å². The predicted molar refractivity (Wildman–Crippen MR) is 74.5 cm³/mol. The fourth-order valence-corrected chi connectivity index (χ4v) is 2.73. The molecule has 1 aliphatic carbocycles. The number of carboxylic acids is 1. The summed E-state index contributed by atoms with van der Waals surface area (Å²) >= 11 is 0. The van der Waals surface area contributed by atoms with Gasteiger partial charge in [0.15, 0.2) is 0 Å². The minimum atomic E-state index is -0.935. The number of nitrogens with zero attached hydrogens (tertiary/aromatic N) is 2. The highest BCUT2D eigenvalue weighted by atomic mass is 16.6. The molecule has 1 saturated carbocycles. The summed E-state index contributed by atoms with van der Waals surface area (Å²) < 4.78 is 4.98. The van der Waals surface area contributed by atoms with Crippen molar-refractivity contribution in [1.82, 2.24) is 4.98 Å². The SMILES string of the molecule is COc1ccc([N+](=O)[O-])c(NC2(CC(=O)O)CCCC2)n1. The Hall–Kier alpha value is -2.38. The van der Waals surface area contributed by atoms with Crippen LogP contribution in [-0.2, 0) is 4.79 Å². The lowest BCUT2D eigenvalue weighted by molar-refractivity contribution is -0.384. The van der Waals surface area contributed by atoms with Gasteiger partial charge < -0.3 is 15.2 Å². The number of pyridine rings is 1. The molecule has 0 bridgehead atoms. The second-order valence-electron chi connectivity index (χ2n) is 5.16. The van der Waals surface area contributed by atoms with Crippen LogP contribution in [0.3, 0.4) is 0 Å². The van der Waals surface area contributed by atoms with Crippen LogP contribution in [0.1, 0.15) is 32.1 Å². The molecule has 114 valence electrons. The van der Waals surface area contributed by atoms with Gasteiger partial charge in [-0.05, 0) is 12.8 Å². The van der Waals surface area contributed by atoms with Crippen molar-refractivity contribution < 1.29 is 19.6 Å². The van der Waals surface area contributed by atoms with Gasteiger partial charge in [-0.3, -0.25) is 14.9 Å². The van der Waals surface area contributed by atoms with Crippen LogP contribution < -0.4 is 10.1 Å². The van der Waals surface area contributed by atoms with E-state index in [1.165, 1.54) is 19.2 Å². The van der Waals surface area contributed by atoms with Crippen LogP contribution in [0.25, 0.3) is 0 Å². The van der Waals surface area contributed by atoms with E-state index < -0.39 is 16.4 Å². The molecule has 8 heteroatoms. The maximum atomic E-state index is 11.1. The molecular weight excluding hydrogens is 278 g/mol. The molecular formula is C13H17N3O5. The summed E-state index contributed by atoms with van der Waals surface area (Å²) in [5.41, 5.74) is -0.872. The monoisotopic (exact) mass is 295 g/mol. The first-order valence-electron chi connectivity index (χ1n) is 6.65. The molecule has 1 aromatic heterocycles. The highest BCUT2D eigenvalue weighted by Gasteiger charge is 2.38.